The third-order valence-corrected chi connectivity index (χ3v) is 5.22. The molecule has 0 aromatic heterocycles. The predicted octanol–water partition coefficient (Wildman–Crippen LogP) is 6.04. The van der Waals surface area contributed by atoms with Gasteiger partial charge in [-0.25, -0.2) is 0 Å². The zero-order valence-corrected chi connectivity index (χ0v) is 19.2. The first-order valence-electron chi connectivity index (χ1n) is 9.82. The molecule has 1 N–H and O–H groups in total. The third-order valence-electron chi connectivity index (χ3n) is 5.22. The van der Waals surface area contributed by atoms with Gasteiger partial charge >= 0.3 is 0 Å². The molecule has 3 heteroatoms. The van der Waals surface area contributed by atoms with E-state index in [2.05, 4.69) is 57.0 Å². The standard InChI is InChI=1S/C22H35N2.W/c1-5-20(24-19-15-11-8-12-16-19)21(17(3)4)22(23-6-2)18-13-9-7-10-14-18;/h7,9-10,13,18-19,22,24H,3,5-6,8,11-12,14-16H2,1-2,4H3;/q-1;/b21-20-;. The molecular formula is C22H35N2W-. The van der Waals surface area contributed by atoms with Crippen LogP contribution < -0.4 is 5.32 Å². The van der Waals surface area contributed by atoms with Gasteiger partial charge in [-0.3, -0.25) is 0 Å². The molecule has 0 aliphatic heterocycles. The Morgan fingerprint density at radius 2 is 1.92 bits per heavy atom. The fourth-order valence-electron chi connectivity index (χ4n) is 4.02. The van der Waals surface area contributed by atoms with Crippen molar-refractivity contribution in [3.8, 4) is 0 Å². The molecule has 25 heavy (non-hydrogen) atoms. The number of allylic oxidation sites excluding steroid dienone is 4. The normalized spacial score (nSPS) is 22.8. The maximum absolute atomic E-state index is 4.99. The van der Waals surface area contributed by atoms with Gasteiger partial charge in [0.15, 0.2) is 0 Å². The Morgan fingerprint density at radius 1 is 1.20 bits per heavy atom. The summed E-state index contributed by atoms with van der Waals surface area (Å²) < 4.78 is 0. The number of hydrogen-bond donors (Lipinski definition) is 1. The van der Waals surface area contributed by atoms with Crippen LogP contribution in [0.4, 0.5) is 0 Å². The van der Waals surface area contributed by atoms with E-state index in [1.165, 1.54) is 48.9 Å². The quantitative estimate of drug-likeness (QED) is 0.395. The molecule has 0 spiro atoms. The van der Waals surface area contributed by atoms with E-state index >= 15 is 0 Å². The Morgan fingerprint density at radius 3 is 2.44 bits per heavy atom. The van der Waals surface area contributed by atoms with E-state index in [1.807, 2.05) is 0 Å². The molecular weight excluding hydrogens is 476 g/mol. The van der Waals surface area contributed by atoms with Gasteiger partial charge in [0.05, 0.1) is 0 Å². The molecule has 0 amide bonds. The molecule has 2 rings (SSSR count). The van der Waals surface area contributed by atoms with Gasteiger partial charge in [-0.2, -0.15) is 6.54 Å². The molecule has 1 saturated carbocycles. The minimum absolute atomic E-state index is 0. The number of hydrogen-bond acceptors (Lipinski definition) is 1. The Bertz CT molecular complexity index is 498. The van der Waals surface area contributed by atoms with Crippen LogP contribution >= 0.6 is 0 Å². The van der Waals surface area contributed by atoms with Crippen molar-refractivity contribution in [1.29, 1.82) is 0 Å². The third kappa shape index (κ3) is 6.57. The molecule has 2 nitrogen and oxygen atoms in total. The van der Waals surface area contributed by atoms with Crippen LogP contribution in [0.5, 0.6) is 0 Å². The van der Waals surface area contributed by atoms with E-state index in [0.717, 1.165) is 19.4 Å². The molecule has 2 aliphatic rings. The van der Waals surface area contributed by atoms with Crippen LogP contribution in [0, 0.1) is 5.92 Å². The second-order valence-electron chi connectivity index (χ2n) is 7.16. The SMILES string of the molecule is C=C(C)/C(=C(\CC)NC1CCCCC1)C([N-]CC)C1C=CC=CC1.[W]. The van der Waals surface area contributed by atoms with E-state index in [1.54, 1.807) is 0 Å². The van der Waals surface area contributed by atoms with Gasteiger partial charge < -0.3 is 10.6 Å². The van der Waals surface area contributed by atoms with Crippen LogP contribution in [0.3, 0.4) is 0 Å². The van der Waals surface area contributed by atoms with E-state index in [4.69, 9.17) is 5.32 Å². The van der Waals surface area contributed by atoms with Crippen molar-refractivity contribution in [3.63, 3.8) is 0 Å². The van der Waals surface area contributed by atoms with Crippen LogP contribution in [-0.2, 0) is 21.1 Å². The first-order chi connectivity index (χ1) is 11.7. The Kier molecular flexibility index (Phi) is 10.7. The molecule has 0 radical (unpaired) electrons. The van der Waals surface area contributed by atoms with Crippen molar-refractivity contribution in [2.24, 2.45) is 5.92 Å². The summed E-state index contributed by atoms with van der Waals surface area (Å²) in [6.45, 7) is 11.7. The summed E-state index contributed by atoms with van der Waals surface area (Å²) in [5.41, 5.74) is 3.90. The molecule has 0 aromatic carbocycles. The van der Waals surface area contributed by atoms with Crippen molar-refractivity contribution in [1.82, 2.24) is 5.32 Å². The average Bonchev–Trinajstić information content (AvgIpc) is 2.61. The second kappa shape index (κ2) is 11.9. The summed E-state index contributed by atoms with van der Waals surface area (Å²) in [4.78, 5) is 0. The van der Waals surface area contributed by atoms with Gasteiger partial charge in [0, 0.05) is 32.8 Å². The van der Waals surface area contributed by atoms with Crippen molar-refractivity contribution >= 4 is 0 Å². The second-order valence-corrected chi connectivity index (χ2v) is 7.16. The van der Waals surface area contributed by atoms with Gasteiger partial charge in [0.2, 0.25) is 0 Å². The van der Waals surface area contributed by atoms with E-state index < -0.39 is 0 Å². The molecule has 0 heterocycles. The summed E-state index contributed by atoms with van der Waals surface area (Å²) >= 11 is 0. The van der Waals surface area contributed by atoms with Crippen LogP contribution in [0.2, 0.25) is 0 Å². The molecule has 2 unspecified atom stereocenters. The average molecular weight is 511 g/mol. The van der Waals surface area contributed by atoms with E-state index in [-0.39, 0.29) is 27.1 Å². The Labute approximate surface area is 169 Å². The fraction of sp³-hybridized carbons (Fsp3) is 0.636. The van der Waals surface area contributed by atoms with Crippen molar-refractivity contribution in [2.45, 2.75) is 77.8 Å². The van der Waals surface area contributed by atoms with Gasteiger partial charge in [0.1, 0.15) is 0 Å². The molecule has 2 aliphatic carbocycles. The van der Waals surface area contributed by atoms with Crippen LogP contribution in [0.25, 0.3) is 5.32 Å². The largest absolute Gasteiger partial charge is 0.655 e. The summed E-state index contributed by atoms with van der Waals surface area (Å²) in [5, 5.41) is 8.87. The van der Waals surface area contributed by atoms with Crippen molar-refractivity contribution in [2.75, 3.05) is 6.54 Å². The molecule has 0 saturated heterocycles. The number of rotatable bonds is 8. The number of nitrogens with one attached hydrogen (secondary N) is 1. The zero-order valence-electron chi connectivity index (χ0n) is 16.3. The molecule has 140 valence electrons. The van der Waals surface area contributed by atoms with E-state index in [0.29, 0.717) is 12.0 Å². The molecule has 1 fully saturated rings. The van der Waals surface area contributed by atoms with Gasteiger partial charge in [0.25, 0.3) is 0 Å². The minimum Gasteiger partial charge on any atom is -0.655 e. The smallest absolute Gasteiger partial charge is 0.0258 e. The molecule has 0 bridgehead atoms. The topological polar surface area (TPSA) is 26.1 Å². The summed E-state index contributed by atoms with van der Waals surface area (Å²) in [6, 6.07) is 0.854. The maximum atomic E-state index is 4.99. The molecule has 0 aromatic rings. The zero-order chi connectivity index (χ0) is 17.4. The van der Waals surface area contributed by atoms with Gasteiger partial charge in [-0.05, 0) is 44.1 Å². The first-order valence-corrected chi connectivity index (χ1v) is 9.82. The monoisotopic (exact) mass is 511 g/mol. The number of nitrogens with zero attached hydrogens (tertiary/aromatic N) is 1. The summed E-state index contributed by atoms with van der Waals surface area (Å²) in [5.74, 6) is 0.455. The summed E-state index contributed by atoms with van der Waals surface area (Å²) in [6.07, 6.45) is 17.7. The maximum Gasteiger partial charge on any atom is 0.0258 e. The summed E-state index contributed by atoms with van der Waals surface area (Å²) in [7, 11) is 0. The minimum atomic E-state index is 0. The van der Waals surface area contributed by atoms with Crippen LogP contribution in [0.1, 0.15) is 65.7 Å². The van der Waals surface area contributed by atoms with Crippen LogP contribution in [-0.4, -0.2) is 18.6 Å². The fourth-order valence-corrected chi connectivity index (χ4v) is 4.02. The number of likely N-dealkylation sites (N-methyl/N-ethyl adjacent to an activating group) is 1. The molecule has 2 atom stereocenters. The van der Waals surface area contributed by atoms with Crippen LogP contribution in [0.15, 0.2) is 47.7 Å². The Balaban J connectivity index is 0.00000312. The first kappa shape index (κ1) is 22.4. The Hall–Kier alpha value is -0.592. The predicted molar refractivity (Wildman–Crippen MR) is 106 cm³/mol. The van der Waals surface area contributed by atoms with Crippen molar-refractivity contribution < 1.29 is 21.1 Å². The van der Waals surface area contributed by atoms with Gasteiger partial charge in [-0.1, -0.05) is 69.6 Å². The van der Waals surface area contributed by atoms with Crippen molar-refractivity contribution in [3.05, 3.63) is 53.0 Å². The van der Waals surface area contributed by atoms with E-state index in [9.17, 15) is 0 Å². The van der Waals surface area contributed by atoms with Gasteiger partial charge in [-0.15, -0.1) is 6.04 Å².